The summed E-state index contributed by atoms with van der Waals surface area (Å²) in [7, 11) is 0. The summed E-state index contributed by atoms with van der Waals surface area (Å²) in [6.45, 7) is 1.09. The normalized spacial score (nSPS) is 16.3. The molecule has 0 saturated carbocycles. The van der Waals surface area contributed by atoms with Gasteiger partial charge in [-0.3, -0.25) is 14.6 Å². The molecule has 102 valence electrons. The lowest BCUT2D eigenvalue weighted by Crippen LogP contribution is -2.40. The monoisotopic (exact) mass is 266 g/mol. The fourth-order valence-corrected chi connectivity index (χ4v) is 2.07. The van der Waals surface area contributed by atoms with Crippen LogP contribution in [0.25, 0.3) is 0 Å². The second-order valence-electron chi connectivity index (χ2n) is 4.42. The maximum Gasteiger partial charge on any atom is 0.342 e. The number of H-pyrrole nitrogens is 1. The highest BCUT2D eigenvalue weighted by Gasteiger charge is 2.24. The highest BCUT2D eigenvalue weighted by molar-refractivity contribution is 5.86. The van der Waals surface area contributed by atoms with Crippen LogP contribution >= 0.6 is 0 Å². The van der Waals surface area contributed by atoms with Crippen molar-refractivity contribution in [1.82, 2.24) is 9.97 Å². The lowest BCUT2D eigenvalue weighted by atomic mass is 9.96. The third kappa shape index (κ3) is 2.72. The van der Waals surface area contributed by atoms with Gasteiger partial charge in [0.25, 0.3) is 5.56 Å². The van der Waals surface area contributed by atoms with E-state index in [0.717, 1.165) is 6.20 Å². The molecule has 0 radical (unpaired) electrons. The largest absolute Gasteiger partial charge is 0.477 e. The Labute approximate surface area is 108 Å². The summed E-state index contributed by atoms with van der Waals surface area (Å²) in [6.07, 6.45) is 2.23. The van der Waals surface area contributed by atoms with E-state index in [1.165, 1.54) is 0 Å². The molecule has 8 heteroatoms. The number of hydrogen-bond acceptors (Lipinski definition) is 5. The van der Waals surface area contributed by atoms with Gasteiger partial charge in [-0.1, -0.05) is 0 Å². The van der Waals surface area contributed by atoms with Crippen LogP contribution in [0.4, 0.5) is 5.95 Å². The Kier molecular flexibility index (Phi) is 3.50. The number of carboxylic acid groups (broad SMARTS) is 1. The van der Waals surface area contributed by atoms with Crippen molar-refractivity contribution in [1.29, 1.82) is 0 Å². The van der Waals surface area contributed by atoms with E-state index >= 15 is 0 Å². The number of carbonyl (C=O) groups is 2. The number of carboxylic acids is 1. The van der Waals surface area contributed by atoms with Crippen LogP contribution in [0.1, 0.15) is 23.2 Å². The van der Waals surface area contributed by atoms with E-state index in [1.54, 1.807) is 4.90 Å². The standard InChI is InChI=1S/C11H14N4O4/c12-8(16)6-1-3-15(4-2-6)11-13-5-7(10(18)19)9(17)14-11/h5-6H,1-4H2,(H2,12,16)(H,18,19)(H,13,14,17). The number of aromatic nitrogens is 2. The molecule has 2 rings (SSSR count). The van der Waals surface area contributed by atoms with Crippen LogP contribution in [0.5, 0.6) is 0 Å². The number of nitrogens with one attached hydrogen (secondary N) is 1. The maximum absolute atomic E-state index is 11.5. The minimum Gasteiger partial charge on any atom is -0.477 e. The highest BCUT2D eigenvalue weighted by Crippen LogP contribution is 2.19. The second-order valence-corrected chi connectivity index (χ2v) is 4.42. The molecule has 8 nitrogen and oxygen atoms in total. The Balaban J connectivity index is 2.12. The topological polar surface area (TPSA) is 129 Å². The van der Waals surface area contributed by atoms with Crippen molar-refractivity contribution in [3.05, 3.63) is 22.1 Å². The molecule has 1 aromatic rings. The van der Waals surface area contributed by atoms with E-state index in [-0.39, 0.29) is 11.8 Å². The van der Waals surface area contributed by atoms with Gasteiger partial charge in [-0.25, -0.2) is 9.78 Å². The van der Waals surface area contributed by atoms with Crippen LogP contribution in [-0.2, 0) is 4.79 Å². The molecular formula is C11H14N4O4. The van der Waals surface area contributed by atoms with Gasteiger partial charge in [-0.15, -0.1) is 0 Å². The van der Waals surface area contributed by atoms with E-state index in [1.807, 2.05) is 0 Å². The molecule has 19 heavy (non-hydrogen) atoms. The van der Waals surface area contributed by atoms with E-state index < -0.39 is 17.1 Å². The van der Waals surface area contributed by atoms with Crippen LogP contribution < -0.4 is 16.2 Å². The smallest absolute Gasteiger partial charge is 0.342 e. The van der Waals surface area contributed by atoms with Crippen LogP contribution in [0.2, 0.25) is 0 Å². The molecule has 1 aromatic heterocycles. The van der Waals surface area contributed by atoms with Gasteiger partial charge in [-0.05, 0) is 12.8 Å². The number of primary amides is 1. The first-order valence-electron chi connectivity index (χ1n) is 5.86. The summed E-state index contributed by atoms with van der Waals surface area (Å²) in [5, 5.41) is 8.74. The molecule has 1 fully saturated rings. The molecule has 0 atom stereocenters. The number of piperidine rings is 1. The molecule has 0 bridgehead atoms. The van der Waals surface area contributed by atoms with Crippen molar-refractivity contribution in [3.8, 4) is 0 Å². The Morgan fingerprint density at radius 1 is 1.42 bits per heavy atom. The third-order valence-corrected chi connectivity index (χ3v) is 3.21. The van der Waals surface area contributed by atoms with Crippen molar-refractivity contribution in [2.24, 2.45) is 11.7 Å². The van der Waals surface area contributed by atoms with Gasteiger partial charge in [0.1, 0.15) is 5.56 Å². The van der Waals surface area contributed by atoms with Crippen LogP contribution in [0.3, 0.4) is 0 Å². The average Bonchev–Trinajstić information content (AvgIpc) is 2.38. The van der Waals surface area contributed by atoms with Crippen molar-refractivity contribution in [2.45, 2.75) is 12.8 Å². The maximum atomic E-state index is 11.5. The first kappa shape index (κ1) is 13.1. The highest BCUT2D eigenvalue weighted by atomic mass is 16.4. The molecule has 1 amide bonds. The van der Waals surface area contributed by atoms with E-state index in [4.69, 9.17) is 10.8 Å². The Morgan fingerprint density at radius 2 is 2.05 bits per heavy atom. The molecule has 0 aromatic carbocycles. The zero-order valence-corrected chi connectivity index (χ0v) is 10.1. The number of hydrogen-bond donors (Lipinski definition) is 3. The van der Waals surface area contributed by atoms with Gasteiger partial charge in [0, 0.05) is 19.0 Å². The van der Waals surface area contributed by atoms with Crippen LogP contribution in [0.15, 0.2) is 11.0 Å². The fraction of sp³-hybridized carbons (Fsp3) is 0.455. The molecule has 1 aliphatic heterocycles. The first-order valence-corrected chi connectivity index (χ1v) is 5.86. The van der Waals surface area contributed by atoms with Crippen LogP contribution in [0, 0.1) is 5.92 Å². The van der Waals surface area contributed by atoms with Crippen molar-refractivity contribution >= 4 is 17.8 Å². The minimum atomic E-state index is -1.31. The summed E-state index contributed by atoms with van der Waals surface area (Å²) in [6, 6.07) is 0. The minimum absolute atomic E-state index is 0.152. The molecular weight excluding hydrogens is 252 g/mol. The number of amides is 1. The van der Waals surface area contributed by atoms with Gasteiger partial charge >= 0.3 is 5.97 Å². The molecule has 4 N–H and O–H groups in total. The average molecular weight is 266 g/mol. The fourth-order valence-electron chi connectivity index (χ4n) is 2.07. The number of nitrogens with two attached hydrogens (primary N) is 1. The number of nitrogens with zero attached hydrogens (tertiary/aromatic N) is 2. The number of anilines is 1. The summed E-state index contributed by atoms with van der Waals surface area (Å²) < 4.78 is 0. The Morgan fingerprint density at radius 3 is 2.53 bits per heavy atom. The Hall–Kier alpha value is -2.38. The quantitative estimate of drug-likeness (QED) is 0.654. The first-order chi connectivity index (χ1) is 8.99. The van der Waals surface area contributed by atoms with Crippen molar-refractivity contribution in [3.63, 3.8) is 0 Å². The predicted octanol–water partition coefficient (Wildman–Crippen LogP) is -0.830. The van der Waals surface area contributed by atoms with Crippen molar-refractivity contribution < 1.29 is 14.7 Å². The SMILES string of the molecule is NC(=O)C1CCN(c2ncc(C(=O)O)c(=O)[nH]2)CC1. The number of aromatic carboxylic acids is 1. The zero-order chi connectivity index (χ0) is 14.0. The lowest BCUT2D eigenvalue weighted by molar-refractivity contribution is -0.122. The number of rotatable bonds is 3. The summed E-state index contributed by atoms with van der Waals surface area (Å²) in [4.78, 5) is 41.4. The molecule has 0 unspecified atom stereocenters. The predicted molar refractivity (Wildman–Crippen MR) is 65.9 cm³/mol. The molecule has 0 spiro atoms. The van der Waals surface area contributed by atoms with Gasteiger partial charge in [-0.2, -0.15) is 0 Å². The summed E-state index contributed by atoms with van der Waals surface area (Å²) in [5.74, 6) is -1.46. The number of aromatic amines is 1. The number of carbonyl (C=O) groups excluding carboxylic acids is 1. The molecule has 1 aliphatic rings. The van der Waals surface area contributed by atoms with Gasteiger partial charge in [0.15, 0.2) is 0 Å². The van der Waals surface area contributed by atoms with Gasteiger partial charge < -0.3 is 15.7 Å². The molecule has 0 aliphatic carbocycles. The molecule has 1 saturated heterocycles. The third-order valence-electron chi connectivity index (χ3n) is 3.21. The van der Waals surface area contributed by atoms with Gasteiger partial charge in [0.05, 0.1) is 6.20 Å². The Bertz CT molecular complexity index is 560. The van der Waals surface area contributed by atoms with E-state index in [0.29, 0.717) is 31.9 Å². The summed E-state index contributed by atoms with van der Waals surface area (Å²) >= 11 is 0. The molecule has 2 heterocycles. The van der Waals surface area contributed by atoms with Crippen molar-refractivity contribution in [2.75, 3.05) is 18.0 Å². The zero-order valence-electron chi connectivity index (χ0n) is 10.1. The van der Waals surface area contributed by atoms with E-state index in [2.05, 4.69) is 9.97 Å². The van der Waals surface area contributed by atoms with E-state index in [9.17, 15) is 14.4 Å². The van der Waals surface area contributed by atoms with Crippen LogP contribution in [-0.4, -0.2) is 40.0 Å². The van der Waals surface area contributed by atoms with Gasteiger partial charge in [0.2, 0.25) is 11.9 Å². The lowest BCUT2D eigenvalue weighted by Gasteiger charge is -2.30. The summed E-state index contributed by atoms with van der Waals surface area (Å²) in [5.41, 5.74) is 4.15. The second kappa shape index (κ2) is 5.09.